The van der Waals surface area contributed by atoms with Gasteiger partial charge >= 0.3 is 0 Å². The summed E-state index contributed by atoms with van der Waals surface area (Å²) in [7, 11) is 0. The first-order valence-corrected chi connectivity index (χ1v) is 5.56. The lowest BCUT2D eigenvalue weighted by Crippen LogP contribution is -2.33. The van der Waals surface area contributed by atoms with E-state index in [9.17, 15) is 4.79 Å². The van der Waals surface area contributed by atoms with Crippen molar-refractivity contribution in [1.29, 1.82) is 0 Å². The van der Waals surface area contributed by atoms with Crippen LogP contribution in [0.3, 0.4) is 0 Å². The van der Waals surface area contributed by atoms with Crippen LogP contribution in [-0.4, -0.2) is 5.78 Å². The molecule has 1 aliphatic carbocycles. The molecule has 1 aliphatic rings. The number of hydrogen-bond donors (Lipinski definition) is 0. The fraction of sp³-hybridized carbons (Fsp3) is 0.917. The topological polar surface area (TPSA) is 17.1 Å². The molecule has 13 heavy (non-hydrogen) atoms. The molecule has 1 heteroatoms. The van der Waals surface area contributed by atoms with Crippen molar-refractivity contribution in [3.05, 3.63) is 0 Å². The van der Waals surface area contributed by atoms with E-state index in [1.807, 2.05) is 0 Å². The molecular weight excluding hydrogens is 160 g/mol. The Balaban J connectivity index is 2.66. The lowest BCUT2D eigenvalue weighted by Gasteiger charge is -2.37. The number of Topliss-reactive ketones (excluding diaryl/α,β-unsaturated/α-hetero) is 1. The summed E-state index contributed by atoms with van der Waals surface area (Å²) in [5, 5.41) is 0. The molecule has 0 aromatic heterocycles. The second kappa shape index (κ2) is 4.26. The fourth-order valence-electron chi connectivity index (χ4n) is 2.68. The Morgan fingerprint density at radius 1 is 1.31 bits per heavy atom. The van der Waals surface area contributed by atoms with Crippen molar-refractivity contribution in [2.24, 2.45) is 23.7 Å². The molecule has 0 saturated heterocycles. The van der Waals surface area contributed by atoms with Gasteiger partial charge in [0.1, 0.15) is 5.78 Å². The van der Waals surface area contributed by atoms with E-state index in [-0.39, 0.29) is 0 Å². The highest BCUT2D eigenvalue weighted by Gasteiger charge is 2.34. The molecule has 76 valence electrons. The normalized spacial score (nSPS) is 40.3. The lowest BCUT2D eigenvalue weighted by molar-refractivity contribution is -0.124. The molecule has 0 heterocycles. The Morgan fingerprint density at radius 3 is 2.38 bits per heavy atom. The van der Waals surface area contributed by atoms with Gasteiger partial charge in [-0.1, -0.05) is 27.2 Å². The predicted octanol–water partition coefficient (Wildman–Crippen LogP) is 3.28. The van der Waals surface area contributed by atoms with Gasteiger partial charge in [-0.3, -0.25) is 4.79 Å². The molecule has 0 aromatic carbocycles. The van der Waals surface area contributed by atoms with Gasteiger partial charge in [-0.25, -0.2) is 0 Å². The maximum absolute atomic E-state index is 11.4. The molecule has 1 nitrogen and oxygen atoms in total. The second-order valence-corrected chi connectivity index (χ2v) is 4.80. The molecule has 0 aliphatic heterocycles. The summed E-state index contributed by atoms with van der Waals surface area (Å²) >= 11 is 0. The van der Waals surface area contributed by atoms with Crippen LogP contribution in [0.5, 0.6) is 0 Å². The van der Waals surface area contributed by atoms with Crippen molar-refractivity contribution < 1.29 is 4.79 Å². The first kappa shape index (κ1) is 10.7. The third-order valence-electron chi connectivity index (χ3n) is 3.92. The molecule has 4 unspecified atom stereocenters. The smallest absolute Gasteiger partial charge is 0.133 e. The van der Waals surface area contributed by atoms with E-state index < -0.39 is 0 Å². The van der Waals surface area contributed by atoms with Crippen molar-refractivity contribution in [1.82, 2.24) is 0 Å². The van der Waals surface area contributed by atoms with Crippen LogP contribution in [-0.2, 0) is 4.79 Å². The number of hydrogen-bond acceptors (Lipinski definition) is 1. The summed E-state index contributed by atoms with van der Waals surface area (Å²) < 4.78 is 0. The van der Waals surface area contributed by atoms with Gasteiger partial charge < -0.3 is 0 Å². The van der Waals surface area contributed by atoms with Gasteiger partial charge in [0.2, 0.25) is 0 Å². The van der Waals surface area contributed by atoms with Gasteiger partial charge in [-0.05, 0) is 37.5 Å². The summed E-state index contributed by atoms with van der Waals surface area (Å²) in [5.41, 5.74) is 0. The minimum absolute atomic E-state index is 0.341. The molecule has 1 saturated carbocycles. The van der Waals surface area contributed by atoms with Crippen molar-refractivity contribution in [3.8, 4) is 0 Å². The first-order chi connectivity index (χ1) is 6.06. The van der Waals surface area contributed by atoms with Gasteiger partial charge in [-0.2, -0.15) is 0 Å². The maximum atomic E-state index is 11.4. The first-order valence-electron chi connectivity index (χ1n) is 5.56. The molecule has 0 amide bonds. The Kier molecular flexibility index (Phi) is 3.52. The van der Waals surface area contributed by atoms with Crippen LogP contribution < -0.4 is 0 Å². The Morgan fingerprint density at radius 2 is 1.92 bits per heavy atom. The van der Waals surface area contributed by atoms with Gasteiger partial charge in [0.05, 0.1) is 0 Å². The molecule has 0 bridgehead atoms. The Labute approximate surface area is 81.9 Å². The highest BCUT2D eigenvalue weighted by molar-refractivity contribution is 5.78. The highest BCUT2D eigenvalue weighted by atomic mass is 16.1. The quantitative estimate of drug-likeness (QED) is 0.640. The molecule has 0 N–H and O–H groups in total. The van der Waals surface area contributed by atoms with Gasteiger partial charge in [0.15, 0.2) is 0 Å². The molecule has 4 atom stereocenters. The van der Waals surface area contributed by atoms with Crippen LogP contribution in [0, 0.1) is 23.7 Å². The third kappa shape index (κ3) is 2.32. The third-order valence-corrected chi connectivity index (χ3v) is 3.92. The summed E-state index contributed by atoms with van der Waals surface area (Å²) in [6.07, 6.45) is 3.69. The van der Waals surface area contributed by atoms with Crippen LogP contribution in [0.25, 0.3) is 0 Å². The van der Waals surface area contributed by atoms with Crippen molar-refractivity contribution >= 4 is 5.78 Å². The molecule has 0 radical (unpaired) electrons. The van der Waals surface area contributed by atoms with Crippen molar-refractivity contribution in [2.45, 2.75) is 47.0 Å². The zero-order valence-corrected chi connectivity index (χ0v) is 9.34. The van der Waals surface area contributed by atoms with Crippen molar-refractivity contribution in [2.75, 3.05) is 0 Å². The zero-order chi connectivity index (χ0) is 10.0. The van der Waals surface area contributed by atoms with Gasteiger partial charge in [-0.15, -0.1) is 0 Å². The van der Waals surface area contributed by atoms with Gasteiger partial charge in [0.25, 0.3) is 0 Å². The summed E-state index contributed by atoms with van der Waals surface area (Å²) in [5.74, 6) is 2.86. The van der Waals surface area contributed by atoms with Crippen molar-refractivity contribution in [3.63, 3.8) is 0 Å². The Bertz CT molecular complexity index is 186. The molecule has 0 spiro atoms. The van der Waals surface area contributed by atoms with Gasteiger partial charge in [0, 0.05) is 5.92 Å². The number of ketones is 1. The van der Waals surface area contributed by atoms with E-state index in [1.165, 1.54) is 12.8 Å². The fourth-order valence-corrected chi connectivity index (χ4v) is 2.68. The summed E-state index contributed by atoms with van der Waals surface area (Å²) in [6, 6.07) is 0. The van der Waals surface area contributed by atoms with Crippen LogP contribution in [0.4, 0.5) is 0 Å². The average Bonchev–Trinajstić information content (AvgIpc) is 2.09. The van der Waals surface area contributed by atoms with Crippen LogP contribution in [0.15, 0.2) is 0 Å². The molecule has 1 fully saturated rings. The van der Waals surface area contributed by atoms with E-state index in [0.29, 0.717) is 17.6 Å². The largest absolute Gasteiger partial charge is 0.300 e. The highest BCUT2D eigenvalue weighted by Crippen LogP contribution is 2.39. The number of carbonyl (C=O) groups excluding carboxylic acids is 1. The van der Waals surface area contributed by atoms with E-state index in [0.717, 1.165) is 18.3 Å². The molecule has 0 aromatic rings. The molecular formula is C12H22O. The molecule has 1 rings (SSSR count). The monoisotopic (exact) mass is 182 g/mol. The Hall–Kier alpha value is -0.330. The minimum Gasteiger partial charge on any atom is -0.300 e. The summed E-state index contributed by atoms with van der Waals surface area (Å²) in [6.45, 7) is 8.53. The standard InChI is InChI=1S/C12H22O/c1-5-11-6-8(2)9(3)12(7-11)10(4)13/h8-9,11-12H,5-7H2,1-4H3. The van der Waals surface area contributed by atoms with E-state index in [4.69, 9.17) is 0 Å². The maximum Gasteiger partial charge on any atom is 0.133 e. The van der Waals surface area contributed by atoms with Crippen LogP contribution in [0.2, 0.25) is 0 Å². The minimum atomic E-state index is 0.341. The second-order valence-electron chi connectivity index (χ2n) is 4.80. The SMILES string of the molecule is CCC1CC(C)C(C)C(C(C)=O)C1. The summed E-state index contributed by atoms with van der Waals surface area (Å²) in [4.78, 5) is 11.4. The van der Waals surface area contributed by atoms with E-state index >= 15 is 0 Å². The number of carbonyl (C=O) groups is 1. The predicted molar refractivity (Wildman–Crippen MR) is 55.5 cm³/mol. The zero-order valence-electron chi connectivity index (χ0n) is 9.34. The van der Waals surface area contributed by atoms with E-state index in [2.05, 4.69) is 20.8 Å². The average molecular weight is 182 g/mol. The number of rotatable bonds is 2. The van der Waals surface area contributed by atoms with E-state index in [1.54, 1.807) is 6.92 Å². The van der Waals surface area contributed by atoms with Crippen LogP contribution in [0.1, 0.15) is 47.0 Å². The lowest BCUT2D eigenvalue weighted by atomic mass is 9.67. The van der Waals surface area contributed by atoms with Crippen LogP contribution >= 0.6 is 0 Å².